The van der Waals surface area contributed by atoms with E-state index in [0.717, 1.165) is 11.1 Å². The van der Waals surface area contributed by atoms with Gasteiger partial charge in [-0.25, -0.2) is 9.97 Å². The third-order valence-electron chi connectivity index (χ3n) is 4.75. The van der Waals surface area contributed by atoms with Gasteiger partial charge in [-0.15, -0.1) is 0 Å². The molecule has 1 N–H and O–H groups in total. The van der Waals surface area contributed by atoms with Crippen molar-refractivity contribution in [2.75, 3.05) is 18.0 Å². The second-order valence-electron chi connectivity index (χ2n) is 6.67. The van der Waals surface area contributed by atoms with Gasteiger partial charge in [-0.1, -0.05) is 48.0 Å². The van der Waals surface area contributed by atoms with E-state index in [0.29, 0.717) is 24.6 Å². The van der Waals surface area contributed by atoms with Gasteiger partial charge in [0.1, 0.15) is 5.54 Å². The first-order chi connectivity index (χ1) is 12.7. The highest BCUT2D eigenvalue weighted by Gasteiger charge is 2.46. The number of aryl methyl sites for hydroxylation is 1. The molecule has 0 saturated carbocycles. The van der Waals surface area contributed by atoms with Crippen LogP contribution in [-0.4, -0.2) is 29.0 Å². The molecule has 5 nitrogen and oxygen atoms in total. The summed E-state index contributed by atoms with van der Waals surface area (Å²) >= 11 is 0. The zero-order valence-corrected chi connectivity index (χ0v) is 14.6. The Kier molecular flexibility index (Phi) is 4.13. The van der Waals surface area contributed by atoms with Gasteiger partial charge in [0.25, 0.3) is 5.91 Å². The first kappa shape index (κ1) is 16.3. The molecule has 26 heavy (non-hydrogen) atoms. The average Bonchev–Trinajstić information content (AvgIpc) is 2.66. The summed E-state index contributed by atoms with van der Waals surface area (Å²) in [6, 6.07) is 19.5. The number of nitrogens with zero attached hydrogens (tertiary/aromatic N) is 3. The van der Waals surface area contributed by atoms with Crippen LogP contribution in [0, 0.1) is 6.92 Å². The molecule has 0 bridgehead atoms. The van der Waals surface area contributed by atoms with Gasteiger partial charge in [0.05, 0.1) is 13.1 Å². The smallest absolute Gasteiger partial charge is 0.252 e. The Morgan fingerprint density at radius 1 is 0.962 bits per heavy atom. The lowest BCUT2D eigenvalue weighted by molar-refractivity contribution is 0.0873. The maximum Gasteiger partial charge on any atom is 0.252 e. The third-order valence-corrected chi connectivity index (χ3v) is 4.75. The molecule has 1 aliphatic rings. The van der Waals surface area contributed by atoms with Gasteiger partial charge in [0, 0.05) is 18.0 Å². The molecule has 0 radical (unpaired) electrons. The van der Waals surface area contributed by atoms with Crippen molar-refractivity contribution in [1.82, 2.24) is 15.3 Å². The van der Waals surface area contributed by atoms with Crippen LogP contribution in [0.4, 0.5) is 5.95 Å². The summed E-state index contributed by atoms with van der Waals surface area (Å²) < 4.78 is 0. The molecular formula is C21H20N4O. The normalized spacial score (nSPS) is 15.2. The van der Waals surface area contributed by atoms with Crippen LogP contribution in [0.2, 0.25) is 0 Å². The number of carbonyl (C=O) groups is 1. The predicted octanol–water partition coefficient (Wildman–Crippen LogP) is 2.93. The summed E-state index contributed by atoms with van der Waals surface area (Å²) in [6.45, 7) is 3.29. The Balaban J connectivity index is 1.59. The lowest BCUT2D eigenvalue weighted by atomic mass is 9.82. The van der Waals surface area contributed by atoms with Crippen molar-refractivity contribution >= 4 is 11.9 Å². The number of anilines is 1. The van der Waals surface area contributed by atoms with E-state index < -0.39 is 5.54 Å². The molecule has 1 fully saturated rings. The van der Waals surface area contributed by atoms with E-state index >= 15 is 0 Å². The van der Waals surface area contributed by atoms with Crippen LogP contribution < -0.4 is 10.2 Å². The van der Waals surface area contributed by atoms with Crippen LogP contribution in [0.1, 0.15) is 21.5 Å². The number of carbonyl (C=O) groups excluding carboxylic acids is 1. The monoisotopic (exact) mass is 344 g/mol. The van der Waals surface area contributed by atoms with Crippen LogP contribution in [0.15, 0.2) is 73.1 Å². The Hall–Kier alpha value is -3.21. The Morgan fingerprint density at radius 3 is 2.27 bits per heavy atom. The van der Waals surface area contributed by atoms with Crippen molar-refractivity contribution in [3.63, 3.8) is 0 Å². The van der Waals surface area contributed by atoms with E-state index in [-0.39, 0.29) is 5.91 Å². The number of benzene rings is 2. The fraction of sp³-hybridized carbons (Fsp3) is 0.190. The number of hydrogen-bond donors (Lipinski definition) is 1. The van der Waals surface area contributed by atoms with E-state index in [4.69, 9.17) is 0 Å². The largest absolute Gasteiger partial charge is 0.339 e. The lowest BCUT2D eigenvalue weighted by Gasteiger charge is -2.50. The van der Waals surface area contributed by atoms with Crippen molar-refractivity contribution in [2.24, 2.45) is 0 Å². The number of aromatic nitrogens is 2. The van der Waals surface area contributed by atoms with Gasteiger partial charge in [-0.05, 0) is 30.7 Å². The first-order valence-corrected chi connectivity index (χ1v) is 8.63. The molecule has 0 unspecified atom stereocenters. The SMILES string of the molecule is Cc1ccc(C(=O)NC2(c3ccccc3)CN(c3ncccn3)C2)cc1. The molecular weight excluding hydrogens is 324 g/mol. The van der Waals surface area contributed by atoms with E-state index in [1.165, 1.54) is 0 Å². The van der Waals surface area contributed by atoms with E-state index in [2.05, 4.69) is 32.3 Å². The Morgan fingerprint density at radius 2 is 1.62 bits per heavy atom. The number of hydrogen-bond acceptors (Lipinski definition) is 4. The Labute approximate surface area is 152 Å². The third kappa shape index (κ3) is 3.04. The van der Waals surface area contributed by atoms with Crippen molar-refractivity contribution in [1.29, 1.82) is 0 Å². The summed E-state index contributed by atoms with van der Waals surface area (Å²) in [7, 11) is 0. The van der Waals surface area contributed by atoms with Crippen molar-refractivity contribution in [3.8, 4) is 0 Å². The van der Waals surface area contributed by atoms with E-state index in [1.807, 2.05) is 49.4 Å². The fourth-order valence-electron chi connectivity index (χ4n) is 3.29. The molecule has 0 spiro atoms. The van der Waals surface area contributed by atoms with Gasteiger partial charge < -0.3 is 10.2 Å². The standard InChI is InChI=1S/C21H20N4O/c1-16-8-10-17(11-9-16)19(26)24-21(18-6-3-2-4-7-18)14-25(15-21)20-22-12-5-13-23-20/h2-13H,14-15H2,1H3,(H,24,26). The first-order valence-electron chi connectivity index (χ1n) is 8.63. The highest BCUT2D eigenvalue weighted by molar-refractivity contribution is 5.95. The zero-order chi connectivity index (χ0) is 18.0. The summed E-state index contributed by atoms with van der Waals surface area (Å²) in [5, 5.41) is 3.25. The number of nitrogens with one attached hydrogen (secondary N) is 1. The van der Waals surface area contributed by atoms with Crippen LogP contribution >= 0.6 is 0 Å². The molecule has 3 aromatic rings. The summed E-state index contributed by atoms with van der Waals surface area (Å²) in [4.78, 5) is 23.5. The maximum atomic E-state index is 12.8. The number of rotatable bonds is 4. The molecule has 130 valence electrons. The lowest BCUT2D eigenvalue weighted by Crippen LogP contribution is -2.68. The molecule has 0 atom stereocenters. The quantitative estimate of drug-likeness (QED) is 0.791. The van der Waals surface area contributed by atoms with Crippen LogP contribution in [0.5, 0.6) is 0 Å². The van der Waals surface area contributed by atoms with Crippen LogP contribution in [-0.2, 0) is 5.54 Å². The highest BCUT2D eigenvalue weighted by atomic mass is 16.1. The van der Waals surface area contributed by atoms with Gasteiger partial charge in [-0.3, -0.25) is 4.79 Å². The summed E-state index contributed by atoms with van der Waals surface area (Å²) in [5.41, 5.74) is 2.45. The topological polar surface area (TPSA) is 58.1 Å². The van der Waals surface area contributed by atoms with Gasteiger partial charge in [0.2, 0.25) is 5.95 Å². The average molecular weight is 344 g/mol. The molecule has 4 rings (SSSR count). The molecule has 1 amide bonds. The molecule has 1 aromatic heterocycles. The van der Waals surface area contributed by atoms with Gasteiger partial charge >= 0.3 is 0 Å². The van der Waals surface area contributed by atoms with Crippen LogP contribution in [0.25, 0.3) is 0 Å². The fourth-order valence-corrected chi connectivity index (χ4v) is 3.29. The Bertz CT molecular complexity index is 888. The van der Waals surface area contributed by atoms with Gasteiger partial charge in [-0.2, -0.15) is 0 Å². The maximum absolute atomic E-state index is 12.8. The van der Waals surface area contributed by atoms with Gasteiger partial charge in [0.15, 0.2) is 0 Å². The van der Waals surface area contributed by atoms with Crippen molar-refractivity contribution in [3.05, 3.63) is 89.7 Å². The van der Waals surface area contributed by atoms with Crippen molar-refractivity contribution < 1.29 is 4.79 Å². The minimum Gasteiger partial charge on any atom is -0.339 e. The minimum atomic E-state index is -0.442. The molecule has 1 saturated heterocycles. The minimum absolute atomic E-state index is 0.0671. The molecule has 1 aliphatic heterocycles. The van der Waals surface area contributed by atoms with Crippen molar-refractivity contribution in [2.45, 2.75) is 12.5 Å². The van der Waals surface area contributed by atoms with Crippen LogP contribution in [0.3, 0.4) is 0 Å². The van der Waals surface area contributed by atoms with E-state index in [9.17, 15) is 4.79 Å². The zero-order valence-electron chi connectivity index (χ0n) is 14.6. The highest BCUT2D eigenvalue weighted by Crippen LogP contribution is 2.34. The second-order valence-corrected chi connectivity index (χ2v) is 6.67. The predicted molar refractivity (Wildman–Crippen MR) is 101 cm³/mol. The molecule has 5 heteroatoms. The number of amides is 1. The van der Waals surface area contributed by atoms with E-state index in [1.54, 1.807) is 18.5 Å². The molecule has 2 heterocycles. The molecule has 2 aromatic carbocycles. The summed E-state index contributed by atoms with van der Waals surface area (Å²) in [6.07, 6.45) is 3.46. The second kappa shape index (κ2) is 6.59. The summed E-state index contributed by atoms with van der Waals surface area (Å²) in [5.74, 6) is 0.617. The molecule has 0 aliphatic carbocycles.